The van der Waals surface area contributed by atoms with Gasteiger partial charge in [-0.15, -0.1) is 0 Å². The van der Waals surface area contributed by atoms with E-state index in [0.717, 1.165) is 43.0 Å². The second-order valence-corrected chi connectivity index (χ2v) is 13.6. The van der Waals surface area contributed by atoms with E-state index in [2.05, 4.69) is 10.1 Å². The fourth-order valence-electron chi connectivity index (χ4n) is 7.50. The minimum Gasteiger partial charge on any atom is -0.466 e. The topological polar surface area (TPSA) is 97.6 Å². The first kappa shape index (κ1) is 33.0. The molecule has 3 aliphatic rings. The Morgan fingerprint density at radius 1 is 1.07 bits per heavy atom. The molecule has 0 unspecified atom stereocenters. The van der Waals surface area contributed by atoms with Crippen molar-refractivity contribution in [3.63, 3.8) is 0 Å². The zero-order valence-electron chi connectivity index (χ0n) is 25.0. The molecule has 44 heavy (non-hydrogen) atoms. The average molecular weight is 660 g/mol. The first-order valence-corrected chi connectivity index (χ1v) is 16.2. The lowest BCUT2D eigenvalue weighted by Crippen LogP contribution is -2.40. The van der Waals surface area contributed by atoms with Gasteiger partial charge < -0.3 is 14.7 Å². The summed E-state index contributed by atoms with van der Waals surface area (Å²) >= 11 is 12.7. The SMILES string of the molecule is CCOC(=O)[C@]1(C)CC[C@@H](n2ncc(C(=O)N3C[C@H](C4CCCCC4)C[C@@H]3[C@H](O)c3c(Cl)cncc3Cl)c2C(F)(F)F)CC1. The van der Waals surface area contributed by atoms with Gasteiger partial charge in [0.25, 0.3) is 5.91 Å². The third kappa shape index (κ3) is 6.47. The normalized spacial score (nSPS) is 27.4. The number of halogens is 5. The zero-order valence-corrected chi connectivity index (χ0v) is 26.5. The van der Waals surface area contributed by atoms with E-state index >= 15 is 0 Å². The number of aliphatic hydroxyl groups excluding tert-OH is 1. The summed E-state index contributed by atoms with van der Waals surface area (Å²) in [7, 11) is 0. The van der Waals surface area contributed by atoms with Crippen molar-refractivity contribution in [3.05, 3.63) is 45.5 Å². The first-order chi connectivity index (χ1) is 20.9. The second kappa shape index (κ2) is 13.2. The van der Waals surface area contributed by atoms with Gasteiger partial charge in [-0.2, -0.15) is 18.3 Å². The van der Waals surface area contributed by atoms with Crippen molar-refractivity contribution < 1.29 is 32.6 Å². The number of hydrogen-bond acceptors (Lipinski definition) is 6. The van der Waals surface area contributed by atoms with E-state index in [4.69, 9.17) is 27.9 Å². The third-order valence-electron chi connectivity index (χ3n) is 9.97. The van der Waals surface area contributed by atoms with E-state index in [-0.39, 0.29) is 53.5 Å². The summed E-state index contributed by atoms with van der Waals surface area (Å²) in [5, 5.41) is 15.9. The molecule has 2 aliphatic carbocycles. The van der Waals surface area contributed by atoms with Gasteiger partial charge in [0.2, 0.25) is 0 Å². The lowest BCUT2D eigenvalue weighted by Gasteiger charge is -2.36. The number of esters is 1. The van der Waals surface area contributed by atoms with Gasteiger partial charge in [-0.1, -0.05) is 55.3 Å². The van der Waals surface area contributed by atoms with Gasteiger partial charge >= 0.3 is 12.1 Å². The monoisotopic (exact) mass is 658 g/mol. The summed E-state index contributed by atoms with van der Waals surface area (Å²) in [6.07, 6.45) is 4.36. The molecule has 1 saturated heterocycles. The van der Waals surface area contributed by atoms with Crippen LogP contribution in [0.15, 0.2) is 18.6 Å². The molecule has 1 N–H and O–H groups in total. The smallest absolute Gasteiger partial charge is 0.433 e. The summed E-state index contributed by atoms with van der Waals surface area (Å²) in [6, 6.07) is -1.48. The molecule has 0 spiro atoms. The van der Waals surface area contributed by atoms with Crippen molar-refractivity contribution in [1.82, 2.24) is 19.7 Å². The van der Waals surface area contributed by atoms with Crippen LogP contribution in [0.2, 0.25) is 10.0 Å². The molecule has 3 heterocycles. The van der Waals surface area contributed by atoms with Gasteiger partial charge in [0, 0.05) is 24.5 Å². The second-order valence-electron chi connectivity index (χ2n) is 12.7. The van der Waals surface area contributed by atoms with Gasteiger partial charge in [-0.05, 0) is 57.8 Å². The molecule has 13 heteroatoms. The largest absolute Gasteiger partial charge is 0.466 e. The van der Waals surface area contributed by atoms with Crippen LogP contribution < -0.4 is 0 Å². The summed E-state index contributed by atoms with van der Waals surface area (Å²) in [5.74, 6) is -0.868. The molecule has 1 aliphatic heterocycles. The standard InChI is InChI=1S/C31H39Cl2F3N4O4/c1-3-44-29(43)30(2)11-9-20(10-12-30)40-27(31(34,35)36)21(14-38-40)28(42)39-17-19(18-7-5-4-6-8-18)13-24(39)26(41)25-22(32)15-37-16-23(25)33/h14-16,18-20,24,26,41H,3-13,17H2,1-2H3/t19-,20-,24-,26+,30-/m1/s1. The Balaban J connectivity index is 1.46. The van der Waals surface area contributed by atoms with Crippen molar-refractivity contribution in [2.24, 2.45) is 17.3 Å². The van der Waals surface area contributed by atoms with Gasteiger partial charge in [0.1, 0.15) is 6.10 Å². The van der Waals surface area contributed by atoms with Crippen LogP contribution >= 0.6 is 23.2 Å². The maximum absolute atomic E-state index is 14.7. The number of pyridine rings is 1. The molecule has 2 aromatic heterocycles. The maximum Gasteiger partial charge on any atom is 0.433 e. The van der Waals surface area contributed by atoms with Gasteiger partial charge in [-0.3, -0.25) is 19.3 Å². The number of nitrogens with zero attached hydrogens (tertiary/aromatic N) is 4. The Kier molecular flexibility index (Phi) is 9.87. The molecule has 1 amide bonds. The molecule has 0 bridgehead atoms. The third-order valence-corrected chi connectivity index (χ3v) is 10.6. The fourth-order valence-corrected chi connectivity index (χ4v) is 8.09. The van der Waals surface area contributed by atoms with Crippen LogP contribution in [0.25, 0.3) is 0 Å². The predicted octanol–water partition coefficient (Wildman–Crippen LogP) is 7.43. The Morgan fingerprint density at radius 3 is 2.30 bits per heavy atom. The van der Waals surface area contributed by atoms with E-state index in [1.807, 2.05) is 0 Å². The van der Waals surface area contributed by atoms with Crippen molar-refractivity contribution in [2.45, 2.75) is 102 Å². The van der Waals surface area contributed by atoms with Crippen LogP contribution in [0.4, 0.5) is 13.2 Å². The molecule has 0 aromatic carbocycles. The van der Waals surface area contributed by atoms with Crippen LogP contribution in [0.5, 0.6) is 0 Å². The number of likely N-dealkylation sites (tertiary alicyclic amines) is 1. The Labute approximate surface area is 265 Å². The number of alkyl halides is 3. The molecule has 3 fully saturated rings. The number of amides is 1. The molecule has 242 valence electrons. The van der Waals surface area contributed by atoms with Crippen LogP contribution in [-0.4, -0.2) is 55.8 Å². The maximum atomic E-state index is 14.7. The lowest BCUT2D eigenvalue weighted by atomic mass is 9.74. The van der Waals surface area contributed by atoms with E-state index in [1.165, 1.54) is 17.3 Å². The molecular weight excluding hydrogens is 620 g/mol. The minimum atomic E-state index is -4.86. The Bertz CT molecular complexity index is 1340. The van der Waals surface area contributed by atoms with Crippen LogP contribution in [0.3, 0.4) is 0 Å². The number of aliphatic hydroxyl groups is 1. The number of hydrogen-bond donors (Lipinski definition) is 1. The summed E-state index contributed by atoms with van der Waals surface area (Å²) < 4.78 is 50.3. The predicted molar refractivity (Wildman–Crippen MR) is 158 cm³/mol. The highest BCUT2D eigenvalue weighted by atomic mass is 35.5. The minimum absolute atomic E-state index is 0.0153. The van der Waals surface area contributed by atoms with Crippen LogP contribution in [-0.2, 0) is 15.7 Å². The lowest BCUT2D eigenvalue weighted by molar-refractivity contribution is -0.157. The van der Waals surface area contributed by atoms with Gasteiger partial charge in [-0.25, -0.2) is 0 Å². The summed E-state index contributed by atoms with van der Waals surface area (Å²) in [5.41, 5.74) is -2.24. The molecular formula is C31H39Cl2F3N4O4. The molecule has 2 saturated carbocycles. The summed E-state index contributed by atoms with van der Waals surface area (Å²) in [6.45, 7) is 3.93. The molecule has 5 rings (SSSR count). The van der Waals surface area contributed by atoms with Crippen molar-refractivity contribution in [1.29, 1.82) is 0 Å². The first-order valence-electron chi connectivity index (χ1n) is 15.5. The number of rotatable bonds is 7. The summed E-state index contributed by atoms with van der Waals surface area (Å²) in [4.78, 5) is 31.9. The Hall–Kier alpha value is -2.37. The van der Waals surface area contributed by atoms with Crippen molar-refractivity contribution in [3.8, 4) is 0 Å². The fraction of sp³-hybridized carbons (Fsp3) is 0.677. The average Bonchev–Trinajstić information content (AvgIpc) is 3.64. The molecule has 2 aromatic rings. The van der Waals surface area contributed by atoms with Crippen LogP contribution in [0, 0.1) is 17.3 Å². The van der Waals surface area contributed by atoms with Crippen molar-refractivity contribution >= 4 is 35.1 Å². The number of carbonyl (C=O) groups excluding carboxylic acids is 2. The van der Waals surface area contributed by atoms with E-state index in [9.17, 15) is 27.9 Å². The highest BCUT2D eigenvalue weighted by molar-refractivity contribution is 6.35. The van der Waals surface area contributed by atoms with E-state index in [0.29, 0.717) is 25.2 Å². The molecule has 8 nitrogen and oxygen atoms in total. The zero-order chi connectivity index (χ0) is 31.8. The van der Waals surface area contributed by atoms with E-state index < -0.39 is 46.9 Å². The number of ether oxygens (including phenoxy) is 1. The number of aromatic nitrogens is 3. The van der Waals surface area contributed by atoms with E-state index in [1.54, 1.807) is 13.8 Å². The molecule has 0 radical (unpaired) electrons. The number of carbonyl (C=O) groups is 2. The quantitative estimate of drug-likeness (QED) is 0.311. The highest BCUT2D eigenvalue weighted by Crippen LogP contribution is 2.46. The highest BCUT2D eigenvalue weighted by Gasteiger charge is 2.49. The van der Waals surface area contributed by atoms with Crippen molar-refractivity contribution in [2.75, 3.05) is 13.2 Å². The molecule has 3 atom stereocenters. The van der Waals surface area contributed by atoms with Gasteiger partial charge in [0.05, 0.1) is 45.9 Å². The Morgan fingerprint density at radius 2 is 1.70 bits per heavy atom. The van der Waals surface area contributed by atoms with Crippen LogP contribution in [0.1, 0.15) is 112 Å². The van der Waals surface area contributed by atoms with Gasteiger partial charge in [0.15, 0.2) is 5.69 Å².